The van der Waals surface area contributed by atoms with Crippen LogP contribution in [0.4, 0.5) is 0 Å². The highest BCUT2D eigenvalue weighted by molar-refractivity contribution is 9.10. The summed E-state index contributed by atoms with van der Waals surface area (Å²) in [6, 6.07) is 1.52. The average molecular weight is 377 g/mol. The van der Waals surface area contributed by atoms with E-state index in [4.69, 9.17) is 0 Å². The molecule has 1 amide bonds. The normalized spacial score (nSPS) is 12.5. The van der Waals surface area contributed by atoms with Crippen molar-refractivity contribution in [2.24, 2.45) is 0 Å². The van der Waals surface area contributed by atoms with E-state index < -0.39 is 0 Å². The molecule has 3 aromatic rings. The van der Waals surface area contributed by atoms with Gasteiger partial charge in [-0.15, -0.1) is 0 Å². The third-order valence-corrected chi connectivity index (χ3v) is 4.18. The maximum absolute atomic E-state index is 12.4. The predicted octanol–water partition coefficient (Wildman–Crippen LogP) is 2.51. The fourth-order valence-electron chi connectivity index (χ4n) is 2.52. The van der Waals surface area contributed by atoms with Gasteiger partial charge in [-0.3, -0.25) is 9.48 Å². The molecule has 1 atom stereocenters. The Hall–Kier alpha value is -2.22. The van der Waals surface area contributed by atoms with Crippen LogP contribution in [-0.4, -0.2) is 30.3 Å². The Morgan fingerprint density at radius 3 is 2.91 bits per heavy atom. The zero-order valence-electron chi connectivity index (χ0n) is 13.1. The van der Waals surface area contributed by atoms with E-state index in [9.17, 15) is 4.79 Å². The fourth-order valence-corrected chi connectivity index (χ4v) is 2.81. The summed E-state index contributed by atoms with van der Waals surface area (Å²) in [4.78, 5) is 16.6. The number of carbonyl (C=O) groups excluding carboxylic acids is 1. The van der Waals surface area contributed by atoms with Gasteiger partial charge in [-0.2, -0.15) is 10.2 Å². The van der Waals surface area contributed by atoms with Crippen LogP contribution in [-0.2, 0) is 6.54 Å². The number of nitrogens with zero attached hydrogens (tertiary/aromatic N) is 5. The second-order valence-corrected chi connectivity index (χ2v) is 6.22. The van der Waals surface area contributed by atoms with Crippen molar-refractivity contribution in [1.29, 1.82) is 0 Å². The summed E-state index contributed by atoms with van der Waals surface area (Å²) in [6.45, 7) is 6.78. The second-order valence-electron chi connectivity index (χ2n) is 5.30. The first-order chi connectivity index (χ1) is 11.0. The van der Waals surface area contributed by atoms with E-state index in [1.165, 1.54) is 0 Å². The first-order valence-corrected chi connectivity index (χ1v) is 8.13. The summed E-state index contributed by atoms with van der Waals surface area (Å²) in [5.74, 6) is -0.234. The van der Waals surface area contributed by atoms with Crippen molar-refractivity contribution in [3.8, 4) is 0 Å². The van der Waals surface area contributed by atoms with Gasteiger partial charge in [0.25, 0.3) is 5.91 Å². The molecular weight excluding hydrogens is 360 g/mol. The van der Waals surface area contributed by atoms with Gasteiger partial charge >= 0.3 is 0 Å². The van der Waals surface area contributed by atoms with Crippen LogP contribution in [0.1, 0.15) is 41.6 Å². The quantitative estimate of drug-likeness (QED) is 0.758. The van der Waals surface area contributed by atoms with Crippen molar-refractivity contribution in [3.63, 3.8) is 0 Å². The molecule has 7 nitrogen and oxygen atoms in total. The highest BCUT2D eigenvalue weighted by Crippen LogP contribution is 2.17. The molecular formula is C15H17BrN6O. The Kier molecular flexibility index (Phi) is 4.16. The van der Waals surface area contributed by atoms with Crippen LogP contribution >= 0.6 is 15.9 Å². The van der Waals surface area contributed by atoms with Crippen LogP contribution in [0.25, 0.3) is 5.65 Å². The molecule has 3 heterocycles. The van der Waals surface area contributed by atoms with Gasteiger partial charge in [-0.1, -0.05) is 0 Å². The molecule has 23 heavy (non-hydrogen) atoms. The Morgan fingerprint density at radius 2 is 2.22 bits per heavy atom. The number of aryl methyl sites for hydroxylation is 1. The number of nitrogens with one attached hydrogen (secondary N) is 1. The van der Waals surface area contributed by atoms with Crippen LogP contribution in [0.3, 0.4) is 0 Å². The van der Waals surface area contributed by atoms with E-state index in [-0.39, 0.29) is 11.9 Å². The van der Waals surface area contributed by atoms with Crippen molar-refractivity contribution in [2.45, 2.75) is 33.4 Å². The van der Waals surface area contributed by atoms with Gasteiger partial charge in [0.15, 0.2) is 11.3 Å². The molecule has 0 aromatic carbocycles. The fraction of sp³-hybridized carbons (Fsp3) is 0.333. The largest absolute Gasteiger partial charge is 0.344 e. The maximum Gasteiger partial charge on any atom is 0.272 e. The van der Waals surface area contributed by atoms with Gasteiger partial charge in [-0.25, -0.2) is 9.50 Å². The Labute approximate surface area is 141 Å². The summed E-state index contributed by atoms with van der Waals surface area (Å²) in [6.07, 6.45) is 5.23. The molecule has 1 N–H and O–H groups in total. The van der Waals surface area contributed by atoms with Crippen LogP contribution in [0.2, 0.25) is 0 Å². The van der Waals surface area contributed by atoms with Crippen molar-refractivity contribution in [3.05, 3.63) is 46.1 Å². The molecule has 0 unspecified atom stereocenters. The predicted molar refractivity (Wildman–Crippen MR) is 89.2 cm³/mol. The number of halogens is 1. The van der Waals surface area contributed by atoms with Crippen LogP contribution in [0, 0.1) is 6.92 Å². The van der Waals surface area contributed by atoms with Crippen LogP contribution in [0.5, 0.6) is 0 Å². The summed E-state index contributed by atoms with van der Waals surface area (Å²) in [5.41, 5.74) is 3.02. The van der Waals surface area contributed by atoms with E-state index in [0.29, 0.717) is 11.3 Å². The highest BCUT2D eigenvalue weighted by atomic mass is 79.9. The van der Waals surface area contributed by atoms with Crippen LogP contribution in [0.15, 0.2) is 29.1 Å². The molecule has 3 aromatic heterocycles. The first kappa shape index (κ1) is 15.7. The number of amides is 1. The molecule has 0 bridgehead atoms. The topological polar surface area (TPSA) is 77.1 Å². The van der Waals surface area contributed by atoms with Crippen molar-refractivity contribution < 1.29 is 4.79 Å². The summed E-state index contributed by atoms with van der Waals surface area (Å²) < 4.78 is 4.28. The van der Waals surface area contributed by atoms with Gasteiger partial charge in [0.2, 0.25) is 0 Å². The molecule has 0 saturated carbocycles. The Bertz CT molecular complexity index is 868. The van der Waals surface area contributed by atoms with Gasteiger partial charge in [-0.05, 0) is 36.7 Å². The van der Waals surface area contributed by atoms with Crippen molar-refractivity contribution in [1.82, 2.24) is 29.7 Å². The van der Waals surface area contributed by atoms with E-state index >= 15 is 0 Å². The number of hydrogen-bond donors (Lipinski definition) is 1. The number of fused-ring (bicyclic) bond motifs is 1. The van der Waals surface area contributed by atoms with E-state index in [0.717, 1.165) is 22.3 Å². The molecule has 8 heteroatoms. The molecule has 0 aliphatic rings. The highest BCUT2D eigenvalue weighted by Gasteiger charge is 2.18. The zero-order valence-corrected chi connectivity index (χ0v) is 14.7. The summed E-state index contributed by atoms with van der Waals surface area (Å²) in [5, 5.41) is 11.5. The number of rotatable bonds is 4. The van der Waals surface area contributed by atoms with Gasteiger partial charge < -0.3 is 5.32 Å². The molecule has 0 spiro atoms. The monoisotopic (exact) mass is 376 g/mol. The van der Waals surface area contributed by atoms with Gasteiger partial charge in [0.05, 0.1) is 16.7 Å². The maximum atomic E-state index is 12.4. The smallest absolute Gasteiger partial charge is 0.272 e. The second kappa shape index (κ2) is 6.11. The van der Waals surface area contributed by atoms with Crippen molar-refractivity contribution >= 4 is 27.5 Å². The molecule has 0 aliphatic heterocycles. The lowest BCUT2D eigenvalue weighted by molar-refractivity contribution is 0.0934. The van der Waals surface area contributed by atoms with Crippen molar-refractivity contribution in [2.75, 3.05) is 0 Å². The third-order valence-electron chi connectivity index (χ3n) is 3.77. The van der Waals surface area contributed by atoms with E-state index in [1.54, 1.807) is 29.2 Å². The van der Waals surface area contributed by atoms with E-state index in [1.807, 2.05) is 25.5 Å². The van der Waals surface area contributed by atoms with Crippen LogP contribution < -0.4 is 5.32 Å². The molecule has 0 aliphatic carbocycles. The number of aromatic nitrogens is 5. The Morgan fingerprint density at radius 1 is 1.43 bits per heavy atom. The number of hydrogen-bond acceptors (Lipinski definition) is 4. The lowest BCUT2D eigenvalue weighted by Gasteiger charge is -2.12. The minimum absolute atomic E-state index is 0.146. The zero-order chi connectivity index (χ0) is 16.6. The SMILES string of the molecule is CCn1ncc([C@@H](C)NC(=O)c2cc3ncc(Br)cn3n2)c1C. The molecule has 3 rings (SSSR count). The molecule has 0 fully saturated rings. The molecule has 0 saturated heterocycles. The number of carbonyl (C=O) groups is 1. The standard InChI is InChI=1S/C15H17BrN6O/c1-4-21-10(3)12(7-18-21)9(2)19-15(23)13-5-14-17-6-11(16)8-22(14)20-13/h5-9H,4H2,1-3H3,(H,19,23)/t9-/m1/s1. The van der Waals surface area contributed by atoms with E-state index in [2.05, 4.69) is 36.4 Å². The van der Waals surface area contributed by atoms with Gasteiger partial charge in [0.1, 0.15) is 0 Å². The van der Waals surface area contributed by atoms with Gasteiger partial charge in [0, 0.05) is 36.3 Å². The lowest BCUT2D eigenvalue weighted by atomic mass is 10.1. The average Bonchev–Trinajstić information content (AvgIpc) is 3.09. The lowest BCUT2D eigenvalue weighted by Crippen LogP contribution is -2.27. The molecule has 0 radical (unpaired) electrons. The summed E-state index contributed by atoms with van der Waals surface area (Å²) in [7, 11) is 0. The Balaban J connectivity index is 1.80. The molecule has 120 valence electrons. The minimum Gasteiger partial charge on any atom is -0.344 e. The third kappa shape index (κ3) is 2.98. The summed E-state index contributed by atoms with van der Waals surface area (Å²) >= 11 is 3.33. The minimum atomic E-state index is -0.234. The first-order valence-electron chi connectivity index (χ1n) is 7.33.